The molecule has 0 atom stereocenters. The van der Waals surface area contributed by atoms with Gasteiger partial charge >= 0.3 is 0 Å². The first-order valence-electron chi connectivity index (χ1n) is 7.11. The van der Waals surface area contributed by atoms with E-state index >= 15 is 0 Å². The van der Waals surface area contributed by atoms with Crippen molar-refractivity contribution in [1.82, 2.24) is 4.98 Å². The SMILES string of the molecule is Brc1cnc2cc(I)ccc2c1.C.[O-][n+]1cc(Br)cc2ccc(I)cc21. The van der Waals surface area contributed by atoms with Crippen molar-refractivity contribution < 1.29 is 4.73 Å². The first-order chi connectivity index (χ1) is 11.9. The average molecular weight is 700 g/mol. The fourth-order valence-electron chi connectivity index (χ4n) is 2.26. The van der Waals surface area contributed by atoms with Gasteiger partial charge in [0.15, 0.2) is 6.20 Å². The lowest BCUT2D eigenvalue weighted by molar-refractivity contribution is -0.577. The highest BCUT2D eigenvalue weighted by atomic mass is 127. The van der Waals surface area contributed by atoms with Gasteiger partial charge in [-0.25, -0.2) is 0 Å². The number of fused-ring (bicyclic) bond motifs is 2. The molecule has 0 fully saturated rings. The third-order valence-electron chi connectivity index (χ3n) is 3.38. The van der Waals surface area contributed by atoms with Crippen LogP contribution in [0.5, 0.6) is 0 Å². The molecule has 0 radical (unpaired) electrons. The number of halogens is 4. The van der Waals surface area contributed by atoms with Crippen LogP contribution < -0.4 is 4.73 Å². The zero-order valence-corrected chi connectivity index (χ0v) is 20.1. The average Bonchev–Trinajstić information content (AvgIpc) is 2.56. The molecule has 2 aromatic heterocycles. The summed E-state index contributed by atoms with van der Waals surface area (Å²) in [5.74, 6) is 0. The van der Waals surface area contributed by atoms with Gasteiger partial charge in [-0.3, -0.25) is 4.98 Å². The summed E-state index contributed by atoms with van der Waals surface area (Å²) in [6.07, 6.45) is 3.33. The van der Waals surface area contributed by atoms with E-state index in [1.54, 1.807) is 0 Å². The Kier molecular flexibility index (Phi) is 8.05. The lowest BCUT2D eigenvalue weighted by atomic mass is 10.2. The van der Waals surface area contributed by atoms with Crippen LogP contribution >= 0.6 is 77.0 Å². The van der Waals surface area contributed by atoms with E-state index in [-0.39, 0.29) is 7.43 Å². The van der Waals surface area contributed by atoms with Crippen LogP contribution in [-0.2, 0) is 0 Å². The highest BCUT2D eigenvalue weighted by Gasteiger charge is 2.05. The molecule has 0 aliphatic heterocycles. The lowest BCUT2D eigenvalue weighted by Gasteiger charge is -2.02. The molecule has 4 rings (SSSR count). The minimum Gasteiger partial charge on any atom is -0.618 e. The number of hydrogen-bond donors (Lipinski definition) is 0. The molecule has 4 aromatic rings. The topological polar surface area (TPSA) is 39.8 Å². The van der Waals surface area contributed by atoms with Crippen molar-refractivity contribution in [3.63, 3.8) is 0 Å². The third-order valence-corrected chi connectivity index (χ3v) is 5.59. The molecule has 2 heterocycles. The molecule has 0 saturated carbocycles. The van der Waals surface area contributed by atoms with E-state index in [0.717, 1.165) is 28.1 Å². The molecule has 7 heteroatoms. The predicted molar refractivity (Wildman–Crippen MR) is 132 cm³/mol. The maximum Gasteiger partial charge on any atom is 0.224 e. The molecule has 3 nitrogen and oxygen atoms in total. The molecule has 0 aliphatic rings. The summed E-state index contributed by atoms with van der Waals surface area (Å²) in [6.45, 7) is 0. The summed E-state index contributed by atoms with van der Waals surface area (Å²) in [5.41, 5.74) is 1.75. The number of nitrogens with zero attached hydrogens (tertiary/aromatic N) is 2. The molecule has 2 aromatic carbocycles. The van der Waals surface area contributed by atoms with Crippen LogP contribution in [0.3, 0.4) is 0 Å². The molecular weight excluding hydrogens is 686 g/mol. The van der Waals surface area contributed by atoms with Gasteiger partial charge in [0.05, 0.1) is 9.99 Å². The van der Waals surface area contributed by atoms with E-state index in [9.17, 15) is 5.21 Å². The third kappa shape index (κ3) is 5.49. The zero-order valence-electron chi connectivity index (χ0n) is 12.6. The second-order valence-electron chi connectivity index (χ2n) is 5.18. The summed E-state index contributed by atoms with van der Waals surface area (Å²) >= 11 is 11.1. The predicted octanol–water partition coefficient (Wildman–Crippen LogP) is 7.08. The van der Waals surface area contributed by atoms with Gasteiger partial charge in [0, 0.05) is 34.6 Å². The largest absolute Gasteiger partial charge is 0.618 e. The Morgan fingerprint density at radius 1 is 0.846 bits per heavy atom. The highest BCUT2D eigenvalue weighted by Crippen LogP contribution is 2.19. The summed E-state index contributed by atoms with van der Waals surface area (Å²) in [5, 5.41) is 13.6. The van der Waals surface area contributed by atoms with Crippen molar-refractivity contribution in [2.45, 2.75) is 7.43 Å². The van der Waals surface area contributed by atoms with Crippen LogP contribution in [0, 0.1) is 12.3 Å². The highest BCUT2D eigenvalue weighted by molar-refractivity contribution is 14.1. The number of rotatable bonds is 0. The standard InChI is InChI=1S/C9H5BrINO.C9H5BrIN.CH4/c10-7-3-6-1-2-8(11)4-9(6)12(13)5-7;10-7-3-6-1-2-8(11)4-9(6)12-5-7;/h1-5H;1-5H;1H4. The van der Waals surface area contributed by atoms with Crippen molar-refractivity contribution >= 4 is 98.8 Å². The lowest BCUT2D eigenvalue weighted by Crippen LogP contribution is -2.26. The number of aromatic nitrogens is 2. The van der Waals surface area contributed by atoms with Crippen LogP contribution in [-0.4, -0.2) is 4.98 Å². The van der Waals surface area contributed by atoms with E-state index in [2.05, 4.69) is 106 Å². The van der Waals surface area contributed by atoms with Gasteiger partial charge in [-0.2, -0.15) is 4.73 Å². The van der Waals surface area contributed by atoms with Gasteiger partial charge in [-0.05, 0) is 113 Å². The fourth-order valence-corrected chi connectivity index (χ4v) is 4.00. The monoisotopic (exact) mass is 698 g/mol. The molecule has 0 bridgehead atoms. The first kappa shape index (κ1) is 21.8. The summed E-state index contributed by atoms with van der Waals surface area (Å²) in [7, 11) is 0. The van der Waals surface area contributed by atoms with E-state index in [1.807, 2.05) is 30.5 Å². The van der Waals surface area contributed by atoms with Gasteiger partial charge in [0.25, 0.3) is 0 Å². The fraction of sp³-hybridized carbons (Fsp3) is 0.0526. The summed E-state index contributed by atoms with van der Waals surface area (Å²) in [4.78, 5) is 4.29. The number of benzene rings is 2. The Balaban J connectivity index is 0.000000180. The Morgan fingerprint density at radius 3 is 2.19 bits per heavy atom. The number of pyridine rings is 2. The number of hydrogen-bond acceptors (Lipinski definition) is 2. The Hall–Kier alpha value is -0.520. The Morgan fingerprint density at radius 2 is 1.46 bits per heavy atom. The quantitative estimate of drug-likeness (QED) is 0.112. The first-order valence-corrected chi connectivity index (χ1v) is 10.9. The van der Waals surface area contributed by atoms with Crippen LogP contribution in [0.1, 0.15) is 7.43 Å². The van der Waals surface area contributed by atoms with Gasteiger partial charge in [-0.1, -0.05) is 13.5 Å². The normalized spacial score (nSPS) is 10.2. The minimum atomic E-state index is 0. The smallest absolute Gasteiger partial charge is 0.224 e. The van der Waals surface area contributed by atoms with Crippen molar-refractivity contribution in [3.05, 3.63) is 82.2 Å². The van der Waals surface area contributed by atoms with E-state index in [4.69, 9.17) is 0 Å². The molecule has 0 N–H and O–H groups in total. The second kappa shape index (κ2) is 9.61. The minimum absolute atomic E-state index is 0. The molecule has 134 valence electrons. The molecule has 0 aliphatic carbocycles. The van der Waals surface area contributed by atoms with Crippen molar-refractivity contribution in [2.75, 3.05) is 0 Å². The van der Waals surface area contributed by atoms with Crippen molar-refractivity contribution in [2.24, 2.45) is 0 Å². The molecule has 26 heavy (non-hydrogen) atoms. The molecule has 0 spiro atoms. The van der Waals surface area contributed by atoms with Crippen molar-refractivity contribution in [1.29, 1.82) is 0 Å². The van der Waals surface area contributed by atoms with Gasteiger partial charge < -0.3 is 5.21 Å². The Bertz CT molecular complexity index is 1030. The van der Waals surface area contributed by atoms with Crippen LogP contribution in [0.2, 0.25) is 0 Å². The second-order valence-corrected chi connectivity index (χ2v) is 9.50. The maximum absolute atomic E-state index is 11.4. The van der Waals surface area contributed by atoms with Gasteiger partial charge in [0.1, 0.15) is 0 Å². The van der Waals surface area contributed by atoms with E-state index in [1.165, 1.54) is 15.2 Å². The van der Waals surface area contributed by atoms with Crippen LogP contribution in [0.15, 0.2) is 69.9 Å². The zero-order chi connectivity index (χ0) is 18.0. The molecule has 0 amide bonds. The Labute approximate surface area is 196 Å². The molecular formula is C19H14Br2I2N2O. The summed E-state index contributed by atoms with van der Waals surface area (Å²) in [6, 6.07) is 16.0. The van der Waals surface area contributed by atoms with E-state index in [0.29, 0.717) is 5.52 Å². The van der Waals surface area contributed by atoms with Crippen LogP contribution in [0.4, 0.5) is 0 Å². The molecule has 0 saturated heterocycles. The van der Waals surface area contributed by atoms with Crippen molar-refractivity contribution in [3.8, 4) is 0 Å². The summed E-state index contributed by atoms with van der Waals surface area (Å²) < 4.78 is 4.99. The van der Waals surface area contributed by atoms with Gasteiger partial charge in [-0.15, -0.1) is 0 Å². The maximum atomic E-state index is 11.4. The molecule has 0 unspecified atom stereocenters. The van der Waals surface area contributed by atoms with E-state index < -0.39 is 0 Å². The van der Waals surface area contributed by atoms with Crippen LogP contribution in [0.25, 0.3) is 21.8 Å². The van der Waals surface area contributed by atoms with Gasteiger partial charge in [0.2, 0.25) is 5.52 Å².